The van der Waals surface area contributed by atoms with E-state index >= 15 is 0 Å². The average Bonchev–Trinajstić information content (AvgIpc) is 2.67. The van der Waals surface area contributed by atoms with Crippen molar-refractivity contribution in [3.63, 3.8) is 0 Å². The van der Waals surface area contributed by atoms with Gasteiger partial charge < -0.3 is 20.7 Å². The number of hydrogen-bond donors (Lipinski definition) is 2. The van der Waals surface area contributed by atoms with Crippen molar-refractivity contribution in [1.29, 1.82) is 0 Å². The first-order valence-corrected chi connectivity index (χ1v) is 9.93. The highest BCUT2D eigenvalue weighted by molar-refractivity contribution is 5.85. The molecule has 0 radical (unpaired) electrons. The van der Waals surface area contributed by atoms with Crippen molar-refractivity contribution >= 4 is 17.8 Å². The molecule has 1 aromatic heterocycles. The number of hydrogen-bond acceptors (Lipinski definition) is 6. The molecular formula is C20H29F2N5O3. The molecule has 30 heavy (non-hydrogen) atoms. The molecule has 1 aliphatic rings. The Kier molecular flexibility index (Phi) is 8.08. The third-order valence-electron chi connectivity index (χ3n) is 4.59. The van der Waals surface area contributed by atoms with Crippen LogP contribution < -0.4 is 11.1 Å². The minimum absolute atomic E-state index is 0.0811. The van der Waals surface area contributed by atoms with Crippen molar-refractivity contribution in [2.24, 2.45) is 0 Å². The maximum absolute atomic E-state index is 13.0. The van der Waals surface area contributed by atoms with E-state index in [0.29, 0.717) is 25.1 Å². The van der Waals surface area contributed by atoms with Gasteiger partial charge in [-0.1, -0.05) is 0 Å². The molecule has 2 amide bonds. The van der Waals surface area contributed by atoms with Crippen LogP contribution in [0, 0.1) is 0 Å². The van der Waals surface area contributed by atoms with Crippen LogP contribution in [-0.2, 0) is 16.0 Å². The lowest BCUT2D eigenvalue weighted by Gasteiger charge is -2.32. The van der Waals surface area contributed by atoms with E-state index in [4.69, 9.17) is 10.5 Å². The minimum Gasteiger partial charge on any atom is -0.444 e. The molecule has 3 N–H and O–H groups in total. The van der Waals surface area contributed by atoms with Crippen LogP contribution in [0.1, 0.15) is 52.1 Å². The van der Waals surface area contributed by atoms with Crippen LogP contribution in [-0.4, -0.2) is 51.6 Å². The lowest BCUT2D eigenvalue weighted by molar-refractivity contribution is -0.134. The number of likely N-dealkylation sites (tertiary alicyclic amines) is 1. The van der Waals surface area contributed by atoms with Gasteiger partial charge in [-0.25, -0.2) is 9.78 Å². The SMILES string of the molecule is CC(C)(C)OC(=O)NC(CCCc1cnc(N)cn1)C(=O)N1CCC(=C(F)F)CC1. The molecule has 0 spiro atoms. The lowest BCUT2D eigenvalue weighted by atomic mass is 10.0. The zero-order chi connectivity index (χ0) is 22.3. The van der Waals surface area contributed by atoms with Crippen LogP contribution >= 0.6 is 0 Å². The van der Waals surface area contributed by atoms with Gasteiger partial charge in [0.05, 0.1) is 18.1 Å². The highest BCUT2D eigenvalue weighted by atomic mass is 19.3. The number of carbonyl (C=O) groups is 2. The fourth-order valence-corrected chi connectivity index (χ4v) is 3.09. The molecule has 2 heterocycles. The molecule has 1 unspecified atom stereocenters. The molecular weight excluding hydrogens is 396 g/mol. The van der Waals surface area contributed by atoms with E-state index in [1.807, 2.05) is 0 Å². The summed E-state index contributed by atoms with van der Waals surface area (Å²) < 4.78 is 30.8. The summed E-state index contributed by atoms with van der Waals surface area (Å²) in [5, 5.41) is 2.63. The molecule has 10 heteroatoms. The number of nitrogens with zero attached hydrogens (tertiary/aromatic N) is 3. The number of nitrogens with two attached hydrogens (primary N) is 1. The molecule has 1 aliphatic heterocycles. The Morgan fingerprint density at radius 1 is 1.23 bits per heavy atom. The van der Waals surface area contributed by atoms with Gasteiger partial charge >= 0.3 is 6.09 Å². The van der Waals surface area contributed by atoms with Crippen LogP contribution in [0.5, 0.6) is 0 Å². The van der Waals surface area contributed by atoms with Gasteiger partial charge in [-0.05, 0) is 58.4 Å². The van der Waals surface area contributed by atoms with Crippen LogP contribution in [0.25, 0.3) is 0 Å². The molecule has 1 fully saturated rings. The maximum Gasteiger partial charge on any atom is 0.408 e. The van der Waals surface area contributed by atoms with E-state index in [2.05, 4.69) is 15.3 Å². The van der Waals surface area contributed by atoms with E-state index in [1.165, 1.54) is 11.1 Å². The number of halogens is 2. The number of amides is 2. The standard InChI is InChI=1S/C20H29F2N5O3/c1-20(2,3)30-19(29)26-15(6-4-5-14-11-25-16(23)12-24-14)18(28)27-9-7-13(8-10-27)17(21)22/h11-12,15H,4-10H2,1-3H3,(H2,23,25)(H,26,29). The average molecular weight is 425 g/mol. The van der Waals surface area contributed by atoms with E-state index in [0.717, 1.165) is 5.69 Å². The summed E-state index contributed by atoms with van der Waals surface area (Å²) >= 11 is 0. The van der Waals surface area contributed by atoms with Gasteiger partial charge in [0.15, 0.2) is 0 Å². The number of aryl methyl sites for hydroxylation is 1. The van der Waals surface area contributed by atoms with Crippen molar-refractivity contribution in [3.05, 3.63) is 29.7 Å². The predicted octanol–water partition coefficient (Wildman–Crippen LogP) is 3.05. The fourth-order valence-electron chi connectivity index (χ4n) is 3.09. The topological polar surface area (TPSA) is 110 Å². The smallest absolute Gasteiger partial charge is 0.408 e. The molecule has 166 valence electrons. The van der Waals surface area contributed by atoms with E-state index < -0.39 is 23.8 Å². The van der Waals surface area contributed by atoms with Crippen molar-refractivity contribution in [2.45, 2.75) is 64.5 Å². The van der Waals surface area contributed by atoms with Gasteiger partial charge in [0, 0.05) is 13.1 Å². The van der Waals surface area contributed by atoms with Crippen LogP contribution in [0.3, 0.4) is 0 Å². The Balaban J connectivity index is 2.00. The number of piperidine rings is 1. The second kappa shape index (κ2) is 10.3. The van der Waals surface area contributed by atoms with E-state index in [9.17, 15) is 18.4 Å². The summed E-state index contributed by atoms with van der Waals surface area (Å²) in [6.45, 7) is 5.58. The Bertz CT molecular complexity index is 764. The highest BCUT2D eigenvalue weighted by Gasteiger charge is 2.30. The van der Waals surface area contributed by atoms with Crippen LogP contribution in [0.2, 0.25) is 0 Å². The molecule has 8 nitrogen and oxygen atoms in total. The van der Waals surface area contributed by atoms with E-state index in [-0.39, 0.29) is 37.4 Å². The highest BCUT2D eigenvalue weighted by Crippen LogP contribution is 2.22. The number of carbonyl (C=O) groups excluding carboxylic acids is 2. The number of rotatable bonds is 6. The lowest BCUT2D eigenvalue weighted by Crippen LogP contribution is -2.51. The number of ether oxygens (including phenoxy) is 1. The van der Waals surface area contributed by atoms with Gasteiger partial charge in [-0.15, -0.1) is 0 Å². The second-order valence-electron chi connectivity index (χ2n) is 8.21. The summed E-state index contributed by atoms with van der Waals surface area (Å²) in [6, 6.07) is -0.817. The Labute approximate surface area is 174 Å². The van der Waals surface area contributed by atoms with E-state index in [1.54, 1.807) is 27.0 Å². The summed E-state index contributed by atoms with van der Waals surface area (Å²) in [6.07, 6.45) is 2.38. The van der Waals surface area contributed by atoms with Crippen molar-refractivity contribution in [2.75, 3.05) is 18.8 Å². The Morgan fingerprint density at radius 3 is 2.43 bits per heavy atom. The van der Waals surface area contributed by atoms with Gasteiger partial charge in [0.2, 0.25) is 5.91 Å². The Morgan fingerprint density at radius 2 is 1.90 bits per heavy atom. The number of nitrogens with one attached hydrogen (secondary N) is 1. The zero-order valence-electron chi connectivity index (χ0n) is 17.6. The number of nitrogen functional groups attached to an aromatic ring is 1. The van der Waals surface area contributed by atoms with Gasteiger partial charge in [0.25, 0.3) is 6.08 Å². The molecule has 1 atom stereocenters. The van der Waals surface area contributed by atoms with Gasteiger partial charge in [-0.2, -0.15) is 8.78 Å². The van der Waals surface area contributed by atoms with Gasteiger partial charge in [0.1, 0.15) is 17.5 Å². The Hall–Kier alpha value is -2.78. The first-order valence-electron chi connectivity index (χ1n) is 9.93. The molecule has 2 rings (SSSR count). The summed E-state index contributed by atoms with van der Waals surface area (Å²) in [4.78, 5) is 34.9. The maximum atomic E-state index is 13.0. The zero-order valence-corrected chi connectivity index (χ0v) is 17.6. The molecule has 1 aromatic rings. The summed E-state index contributed by atoms with van der Waals surface area (Å²) in [7, 11) is 0. The number of alkyl carbamates (subject to hydrolysis) is 1. The normalized spacial score (nSPS) is 15.5. The van der Waals surface area contributed by atoms with Crippen molar-refractivity contribution in [1.82, 2.24) is 20.2 Å². The fraction of sp³-hybridized carbons (Fsp3) is 0.600. The van der Waals surface area contributed by atoms with Crippen LogP contribution in [0.4, 0.5) is 19.4 Å². The van der Waals surface area contributed by atoms with Gasteiger partial charge in [-0.3, -0.25) is 9.78 Å². The molecule has 1 saturated heterocycles. The molecule has 0 aliphatic carbocycles. The number of aromatic nitrogens is 2. The second-order valence-corrected chi connectivity index (χ2v) is 8.21. The minimum atomic E-state index is -1.67. The largest absolute Gasteiger partial charge is 0.444 e. The first-order chi connectivity index (χ1) is 14.0. The monoisotopic (exact) mass is 425 g/mol. The molecule has 0 bridgehead atoms. The number of anilines is 1. The quantitative estimate of drug-likeness (QED) is 0.725. The molecule has 0 saturated carbocycles. The predicted molar refractivity (Wildman–Crippen MR) is 108 cm³/mol. The van der Waals surface area contributed by atoms with Crippen molar-refractivity contribution < 1.29 is 23.1 Å². The third kappa shape index (κ3) is 7.57. The third-order valence-corrected chi connectivity index (χ3v) is 4.59. The van der Waals surface area contributed by atoms with Crippen molar-refractivity contribution in [3.8, 4) is 0 Å². The molecule has 0 aromatic carbocycles. The summed E-state index contributed by atoms with van der Waals surface area (Å²) in [5.41, 5.74) is 5.62. The first kappa shape index (κ1) is 23.5. The summed E-state index contributed by atoms with van der Waals surface area (Å²) in [5.74, 6) is 0.0178. The van der Waals surface area contributed by atoms with Crippen LogP contribution in [0.15, 0.2) is 24.0 Å².